The van der Waals surface area contributed by atoms with Crippen molar-refractivity contribution in [3.8, 4) is 0 Å². The minimum Gasteiger partial charge on any atom is -0.475 e. The van der Waals surface area contributed by atoms with E-state index in [1.165, 1.54) is 18.3 Å². The number of rotatable bonds is 3. The number of benzene rings is 1. The molecule has 0 unspecified atom stereocenters. The lowest BCUT2D eigenvalue weighted by Crippen LogP contribution is -2.04. The molecule has 23 heavy (non-hydrogen) atoms. The van der Waals surface area contributed by atoms with Gasteiger partial charge in [-0.25, -0.2) is 19.7 Å². The number of hydrogen-bond donors (Lipinski definition) is 2. The lowest BCUT2D eigenvalue weighted by atomic mass is 10.1. The fraction of sp³-hybridized carbons (Fsp3) is 0.143. The Morgan fingerprint density at radius 1 is 1.17 bits per heavy atom. The fourth-order valence-corrected chi connectivity index (χ4v) is 2.05. The number of nitrogens with zero attached hydrogens (tertiary/aromatic N) is 3. The predicted molar refractivity (Wildman–Crippen MR) is 72.9 cm³/mol. The van der Waals surface area contributed by atoms with Crippen LogP contribution >= 0.6 is 0 Å². The predicted octanol–water partition coefficient (Wildman–Crippen LogP) is 2.66. The molecule has 0 saturated carbocycles. The van der Waals surface area contributed by atoms with Gasteiger partial charge in [-0.15, -0.1) is 0 Å². The Hall–Kier alpha value is -2.97. The zero-order valence-corrected chi connectivity index (χ0v) is 11.4. The molecule has 2 aromatic heterocycles. The molecule has 9 heteroatoms. The second kappa shape index (κ2) is 5.34. The molecule has 118 valence electrons. The molecule has 0 aliphatic rings. The number of hydrogen-bond acceptors (Lipinski definition) is 4. The maximum absolute atomic E-state index is 12.5. The molecule has 0 spiro atoms. The molecule has 0 saturated heterocycles. The van der Waals surface area contributed by atoms with Crippen LogP contribution in [0.3, 0.4) is 0 Å². The lowest BCUT2D eigenvalue weighted by molar-refractivity contribution is -0.137. The summed E-state index contributed by atoms with van der Waals surface area (Å²) in [5.74, 6) is -1.18. The third kappa shape index (κ3) is 3.12. The summed E-state index contributed by atoms with van der Waals surface area (Å²) >= 11 is 0. The number of alkyl halides is 3. The first kappa shape index (κ1) is 14.9. The van der Waals surface area contributed by atoms with E-state index in [0.29, 0.717) is 16.9 Å². The molecular weight excluding hydrogens is 313 g/mol. The zero-order chi connectivity index (χ0) is 16.6. The number of nitrogens with one attached hydrogen (secondary N) is 1. The summed E-state index contributed by atoms with van der Waals surface area (Å²) in [6.45, 7) is 0. The van der Waals surface area contributed by atoms with Crippen LogP contribution in [0.15, 0.2) is 30.5 Å². The van der Waals surface area contributed by atoms with E-state index in [1.807, 2.05) is 0 Å². The number of aromatic carboxylic acids is 1. The zero-order valence-electron chi connectivity index (χ0n) is 11.4. The summed E-state index contributed by atoms with van der Waals surface area (Å²) in [7, 11) is 0. The normalized spacial score (nSPS) is 11.8. The number of carboxylic acid groups (broad SMARTS) is 1. The first-order valence-electron chi connectivity index (χ1n) is 6.44. The highest BCUT2D eigenvalue weighted by molar-refractivity contribution is 5.85. The van der Waals surface area contributed by atoms with Gasteiger partial charge in [-0.3, -0.25) is 0 Å². The summed E-state index contributed by atoms with van der Waals surface area (Å²) < 4.78 is 37.5. The van der Waals surface area contributed by atoms with Gasteiger partial charge in [0.05, 0.1) is 11.8 Å². The Morgan fingerprint density at radius 3 is 2.48 bits per heavy atom. The van der Waals surface area contributed by atoms with Gasteiger partial charge in [0.2, 0.25) is 5.82 Å². The SMILES string of the molecule is O=C(O)c1ncc2[nH]c(Cc3ccc(C(F)(F)F)cc3)nc2n1. The molecule has 3 rings (SSSR count). The second-order valence-electron chi connectivity index (χ2n) is 4.79. The number of carboxylic acids is 1. The number of aromatic nitrogens is 4. The maximum Gasteiger partial charge on any atom is 0.416 e. The minimum absolute atomic E-state index is 0.194. The van der Waals surface area contributed by atoms with Crippen molar-refractivity contribution in [3.05, 3.63) is 53.2 Å². The third-order valence-electron chi connectivity index (χ3n) is 3.13. The second-order valence-corrected chi connectivity index (χ2v) is 4.79. The Kier molecular flexibility index (Phi) is 3.47. The first-order valence-corrected chi connectivity index (χ1v) is 6.44. The van der Waals surface area contributed by atoms with Crippen LogP contribution in [0, 0.1) is 0 Å². The standard InChI is InChI=1S/C14H9F3N4O2/c15-14(16,17)8-3-1-7(2-4-8)5-10-19-9-6-18-12(13(22)23)21-11(9)20-10/h1-4,6H,5H2,(H,22,23)(H,18,19,20,21). The third-order valence-corrected chi connectivity index (χ3v) is 3.13. The Balaban J connectivity index is 1.85. The molecule has 0 bridgehead atoms. The van der Waals surface area contributed by atoms with E-state index in [0.717, 1.165) is 12.1 Å². The van der Waals surface area contributed by atoms with Gasteiger partial charge in [0.1, 0.15) is 11.3 Å². The summed E-state index contributed by atoms with van der Waals surface area (Å²) in [4.78, 5) is 25.3. The van der Waals surface area contributed by atoms with E-state index in [9.17, 15) is 18.0 Å². The molecule has 0 aliphatic carbocycles. The van der Waals surface area contributed by atoms with Crippen molar-refractivity contribution >= 4 is 17.1 Å². The van der Waals surface area contributed by atoms with E-state index in [4.69, 9.17) is 5.11 Å². The molecule has 3 aromatic rings. The van der Waals surface area contributed by atoms with Gasteiger partial charge in [0.15, 0.2) is 5.65 Å². The van der Waals surface area contributed by atoms with Crippen molar-refractivity contribution in [2.45, 2.75) is 12.6 Å². The number of aromatic amines is 1. The van der Waals surface area contributed by atoms with Crippen molar-refractivity contribution in [2.75, 3.05) is 0 Å². The van der Waals surface area contributed by atoms with Crippen LogP contribution in [-0.4, -0.2) is 31.0 Å². The number of fused-ring (bicyclic) bond motifs is 1. The summed E-state index contributed by atoms with van der Waals surface area (Å²) in [6, 6.07) is 4.73. The summed E-state index contributed by atoms with van der Waals surface area (Å²) in [5, 5.41) is 8.82. The number of imidazole rings is 1. The van der Waals surface area contributed by atoms with Crippen molar-refractivity contribution in [3.63, 3.8) is 0 Å². The molecule has 0 atom stereocenters. The Bertz CT molecular complexity index is 872. The molecule has 0 aliphatic heterocycles. The molecule has 0 fully saturated rings. The summed E-state index contributed by atoms with van der Waals surface area (Å²) in [6.07, 6.45) is -2.81. The topological polar surface area (TPSA) is 91.8 Å². The van der Waals surface area contributed by atoms with Crippen molar-refractivity contribution in [1.29, 1.82) is 0 Å². The van der Waals surface area contributed by atoms with Gasteiger partial charge in [-0.05, 0) is 17.7 Å². The molecule has 0 amide bonds. The van der Waals surface area contributed by atoms with Gasteiger partial charge in [-0.2, -0.15) is 13.2 Å². The van der Waals surface area contributed by atoms with Crippen LogP contribution in [0.25, 0.3) is 11.2 Å². The van der Waals surface area contributed by atoms with Gasteiger partial charge < -0.3 is 10.1 Å². The van der Waals surface area contributed by atoms with E-state index in [2.05, 4.69) is 19.9 Å². The van der Waals surface area contributed by atoms with Crippen LogP contribution in [0.5, 0.6) is 0 Å². The molecule has 2 N–H and O–H groups in total. The highest BCUT2D eigenvalue weighted by Gasteiger charge is 2.29. The van der Waals surface area contributed by atoms with E-state index < -0.39 is 17.7 Å². The van der Waals surface area contributed by atoms with Gasteiger partial charge >= 0.3 is 12.1 Å². The molecule has 2 heterocycles. The average Bonchev–Trinajstić information content (AvgIpc) is 2.87. The number of H-pyrrole nitrogens is 1. The molecule has 1 aromatic carbocycles. The minimum atomic E-state index is -4.37. The quantitative estimate of drug-likeness (QED) is 0.773. The van der Waals surface area contributed by atoms with Crippen molar-refractivity contribution in [1.82, 2.24) is 19.9 Å². The van der Waals surface area contributed by atoms with Crippen LogP contribution in [0.4, 0.5) is 13.2 Å². The average molecular weight is 322 g/mol. The Morgan fingerprint density at radius 2 is 1.87 bits per heavy atom. The van der Waals surface area contributed by atoms with E-state index in [1.54, 1.807) is 0 Å². The molecular formula is C14H9F3N4O2. The monoisotopic (exact) mass is 322 g/mol. The van der Waals surface area contributed by atoms with Gasteiger partial charge in [-0.1, -0.05) is 12.1 Å². The van der Waals surface area contributed by atoms with Gasteiger partial charge in [0, 0.05) is 6.42 Å². The molecule has 0 radical (unpaired) electrons. The van der Waals surface area contributed by atoms with Crippen LogP contribution in [0.2, 0.25) is 0 Å². The van der Waals surface area contributed by atoms with Crippen LogP contribution in [-0.2, 0) is 12.6 Å². The first-order chi connectivity index (χ1) is 10.8. The number of carbonyl (C=O) groups is 1. The van der Waals surface area contributed by atoms with E-state index in [-0.39, 0.29) is 17.9 Å². The lowest BCUT2D eigenvalue weighted by Gasteiger charge is -2.06. The highest BCUT2D eigenvalue weighted by Crippen LogP contribution is 2.29. The Labute approximate surface area is 127 Å². The van der Waals surface area contributed by atoms with Crippen molar-refractivity contribution in [2.24, 2.45) is 0 Å². The maximum atomic E-state index is 12.5. The van der Waals surface area contributed by atoms with Crippen LogP contribution < -0.4 is 0 Å². The largest absolute Gasteiger partial charge is 0.475 e. The fourth-order valence-electron chi connectivity index (χ4n) is 2.05. The highest BCUT2D eigenvalue weighted by atomic mass is 19.4. The van der Waals surface area contributed by atoms with Gasteiger partial charge in [0.25, 0.3) is 0 Å². The summed E-state index contributed by atoms with van der Waals surface area (Å²) in [5.41, 5.74) is 0.558. The molecule has 6 nitrogen and oxygen atoms in total. The van der Waals surface area contributed by atoms with E-state index >= 15 is 0 Å². The van der Waals surface area contributed by atoms with Crippen molar-refractivity contribution < 1.29 is 23.1 Å². The number of halogens is 3. The smallest absolute Gasteiger partial charge is 0.416 e. The van der Waals surface area contributed by atoms with Crippen LogP contribution in [0.1, 0.15) is 27.6 Å².